The Balaban J connectivity index is 1.52. The maximum atomic E-state index is 13.1. The van der Waals surface area contributed by atoms with Gasteiger partial charge in [0, 0.05) is 24.7 Å². The van der Waals surface area contributed by atoms with Crippen LogP contribution in [0.1, 0.15) is 24.8 Å². The molecule has 0 bridgehead atoms. The Bertz CT molecular complexity index is 1000. The minimum atomic E-state index is -3.73. The molecule has 8 heteroatoms. The molecule has 1 fully saturated rings. The van der Waals surface area contributed by atoms with Crippen LogP contribution < -0.4 is 14.8 Å². The van der Waals surface area contributed by atoms with Gasteiger partial charge >= 0.3 is 0 Å². The summed E-state index contributed by atoms with van der Waals surface area (Å²) >= 11 is 0. The number of carbonyl (C=O) groups excluding carboxylic acids is 1. The zero-order valence-corrected chi connectivity index (χ0v) is 17.1. The van der Waals surface area contributed by atoms with Crippen molar-refractivity contribution in [2.24, 2.45) is 0 Å². The second kappa shape index (κ2) is 8.04. The zero-order chi connectivity index (χ0) is 20.4. The lowest BCUT2D eigenvalue weighted by molar-refractivity contribution is -0.119. The van der Waals surface area contributed by atoms with E-state index in [-0.39, 0.29) is 10.8 Å². The molecule has 1 amide bonds. The number of benzene rings is 2. The van der Waals surface area contributed by atoms with E-state index >= 15 is 0 Å². The number of nitrogens with zero attached hydrogens (tertiary/aromatic N) is 1. The quantitative estimate of drug-likeness (QED) is 0.828. The van der Waals surface area contributed by atoms with Gasteiger partial charge in [-0.2, -0.15) is 4.31 Å². The van der Waals surface area contributed by atoms with Gasteiger partial charge in [0.1, 0.15) is 6.04 Å². The van der Waals surface area contributed by atoms with E-state index in [0.29, 0.717) is 49.8 Å². The van der Waals surface area contributed by atoms with Gasteiger partial charge in [0.25, 0.3) is 0 Å². The van der Waals surface area contributed by atoms with Crippen LogP contribution in [0.15, 0.2) is 47.4 Å². The van der Waals surface area contributed by atoms with Crippen LogP contribution in [0.25, 0.3) is 0 Å². The van der Waals surface area contributed by atoms with Gasteiger partial charge in [-0.3, -0.25) is 4.79 Å². The van der Waals surface area contributed by atoms with E-state index in [1.165, 1.54) is 4.31 Å². The molecule has 2 aromatic rings. The number of rotatable bonds is 4. The molecule has 0 aromatic heterocycles. The molecule has 2 aliphatic heterocycles. The van der Waals surface area contributed by atoms with Gasteiger partial charge < -0.3 is 14.8 Å². The van der Waals surface area contributed by atoms with Crippen molar-refractivity contribution in [2.45, 2.75) is 37.1 Å². The Morgan fingerprint density at radius 3 is 2.52 bits per heavy atom. The summed E-state index contributed by atoms with van der Waals surface area (Å²) in [7, 11) is -3.73. The fourth-order valence-electron chi connectivity index (χ4n) is 3.60. The lowest BCUT2D eigenvalue weighted by Gasteiger charge is -2.23. The Labute approximate surface area is 170 Å². The van der Waals surface area contributed by atoms with Crippen molar-refractivity contribution in [1.29, 1.82) is 0 Å². The highest BCUT2D eigenvalue weighted by atomic mass is 32.2. The first-order valence-electron chi connectivity index (χ1n) is 9.74. The molecule has 1 atom stereocenters. The molecule has 7 nitrogen and oxygen atoms in total. The number of anilines is 1. The van der Waals surface area contributed by atoms with Gasteiger partial charge in [-0.25, -0.2) is 8.42 Å². The number of nitrogens with one attached hydrogen (secondary N) is 1. The molecule has 2 aromatic carbocycles. The number of aryl methyl sites for hydroxylation is 1. The SMILES string of the molecule is Cc1ccc(S(=O)(=O)N2CCC[C@H]2C(=O)Nc2ccc3c(c2)OCCCO3)cc1. The van der Waals surface area contributed by atoms with Crippen molar-refractivity contribution in [3.05, 3.63) is 48.0 Å². The third-order valence-electron chi connectivity index (χ3n) is 5.15. The fraction of sp³-hybridized carbons (Fsp3) is 0.381. The molecule has 0 aliphatic carbocycles. The van der Waals surface area contributed by atoms with E-state index in [1.54, 1.807) is 42.5 Å². The number of sulfonamides is 1. The van der Waals surface area contributed by atoms with Crippen LogP contribution in [-0.4, -0.2) is 44.4 Å². The second-order valence-electron chi connectivity index (χ2n) is 7.29. The molecular formula is C21H24N2O5S. The number of hydrogen-bond donors (Lipinski definition) is 1. The zero-order valence-electron chi connectivity index (χ0n) is 16.3. The molecule has 154 valence electrons. The third kappa shape index (κ3) is 4.09. The number of carbonyl (C=O) groups is 1. The Morgan fingerprint density at radius 1 is 1.03 bits per heavy atom. The molecule has 2 heterocycles. The lowest BCUT2D eigenvalue weighted by Crippen LogP contribution is -2.43. The summed E-state index contributed by atoms with van der Waals surface area (Å²) in [5.74, 6) is 0.883. The van der Waals surface area contributed by atoms with Crippen molar-refractivity contribution < 1.29 is 22.7 Å². The summed E-state index contributed by atoms with van der Waals surface area (Å²) in [6.07, 6.45) is 1.93. The standard InChI is InChI=1S/C21H24N2O5S/c1-15-5-8-17(9-6-15)29(25,26)23-11-2-4-18(23)21(24)22-16-7-10-19-20(14-16)28-13-3-12-27-19/h5-10,14,18H,2-4,11-13H2,1H3,(H,22,24)/t18-/m0/s1. The van der Waals surface area contributed by atoms with Gasteiger partial charge in [0.05, 0.1) is 18.1 Å². The average Bonchev–Trinajstić information content (AvgIpc) is 3.09. The predicted octanol–water partition coefficient (Wildman–Crippen LogP) is 2.95. The van der Waals surface area contributed by atoms with Crippen LogP contribution >= 0.6 is 0 Å². The monoisotopic (exact) mass is 416 g/mol. The highest BCUT2D eigenvalue weighted by Crippen LogP contribution is 2.33. The first kappa shape index (κ1) is 19.7. The topological polar surface area (TPSA) is 84.9 Å². The van der Waals surface area contributed by atoms with Crippen LogP contribution in [0.4, 0.5) is 5.69 Å². The molecule has 0 radical (unpaired) electrons. The van der Waals surface area contributed by atoms with Crippen LogP contribution in [0, 0.1) is 6.92 Å². The van der Waals surface area contributed by atoms with E-state index in [4.69, 9.17) is 9.47 Å². The molecule has 0 saturated carbocycles. The molecule has 4 rings (SSSR count). The van der Waals surface area contributed by atoms with E-state index in [1.807, 2.05) is 6.92 Å². The second-order valence-corrected chi connectivity index (χ2v) is 9.18. The first-order chi connectivity index (χ1) is 13.9. The normalized spacial score (nSPS) is 19.6. The maximum Gasteiger partial charge on any atom is 0.243 e. The van der Waals surface area contributed by atoms with E-state index in [9.17, 15) is 13.2 Å². The van der Waals surface area contributed by atoms with Gasteiger partial charge in [-0.1, -0.05) is 17.7 Å². The van der Waals surface area contributed by atoms with Crippen molar-refractivity contribution in [2.75, 3.05) is 25.1 Å². The Morgan fingerprint density at radius 2 is 1.76 bits per heavy atom. The van der Waals surface area contributed by atoms with Crippen molar-refractivity contribution in [3.63, 3.8) is 0 Å². The fourth-order valence-corrected chi connectivity index (χ4v) is 5.26. The number of amides is 1. The first-order valence-corrected chi connectivity index (χ1v) is 11.2. The van der Waals surface area contributed by atoms with Gasteiger partial charge in [-0.15, -0.1) is 0 Å². The summed E-state index contributed by atoms with van der Waals surface area (Å²) in [6.45, 7) is 3.37. The molecule has 0 unspecified atom stereocenters. The Kier molecular flexibility index (Phi) is 5.47. The van der Waals surface area contributed by atoms with Crippen LogP contribution in [-0.2, 0) is 14.8 Å². The van der Waals surface area contributed by atoms with E-state index < -0.39 is 16.1 Å². The summed E-state index contributed by atoms with van der Waals surface area (Å²) in [4.78, 5) is 13.1. The molecule has 1 saturated heterocycles. The number of hydrogen-bond acceptors (Lipinski definition) is 5. The van der Waals surface area contributed by atoms with Crippen LogP contribution in [0.3, 0.4) is 0 Å². The molecular weight excluding hydrogens is 392 g/mol. The molecule has 2 aliphatic rings. The lowest BCUT2D eigenvalue weighted by atomic mass is 10.2. The summed E-state index contributed by atoms with van der Waals surface area (Å²) < 4.78 is 38.7. The summed E-state index contributed by atoms with van der Waals surface area (Å²) in [5, 5.41) is 2.84. The molecule has 29 heavy (non-hydrogen) atoms. The van der Waals surface area contributed by atoms with E-state index in [2.05, 4.69) is 5.32 Å². The number of fused-ring (bicyclic) bond motifs is 1. The highest BCUT2D eigenvalue weighted by molar-refractivity contribution is 7.89. The van der Waals surface area contributed by atoms with Gasteiger partial charge in [0.15, 0.2) is 11.5 Å². The molecule has 0 spiro atoms. The van der Waals surface area contributed by atoms with Gasteiger partial charge in [0.2, 0.25) is 15.9 Å². The van der Waals surface area contributed by atoms with Crippen LogP contribution in [0.5, 0.6) is 11.5 Å². The van der Waals surface area contributed by atoms with Crippen LogP contribution in [0.2, 0.25) is 0 Å². The molecule has 1 N–H and O–H groups in total. The van der Waals surface area contributed by atoms with Crippen molar-refractivity contribution in [3.8, 4) is 11.5 Å². The minimum absolute atomic E-state index is 0.207. The van der Waals surface area contributed by atoms with Crippen molar-refractivity contribution >= 4 is 21.6 Å². The summed E-state index contributed by atoms with van der Waals surface area (Å²) in [5.41, 5.74) is 1.54. The van der Waals surface area contributed by atoms with E-state index in [0.717, 1.165) is 12.0 Å². The van der Waals surface area contributed by atoms with Crippen molar-refractivity contribution in [1.82, 2.24) is 4.31 Å². The summed E-state index contributed by atoms with van der Waals surface area (Å²) in [6, 6.07) is 11.2. The number of ether oxygens (including phenoxy) is 2. The average molecular weight is 416 g/mol. The third-order valence-corrected chi connectivity index (χ3v) is 7.07. The van der Waals surface area contributed by atoms with Gasteiger partial charge in [-0.05, 0) is 44.0 Å². The maximum absolute atomic E-state index is 13.1. The Hall–Kier alpha value is -2.58. The minimum Gasteiger partial charge on any atom is -0.490 e. The predicted molar refractivity (Wildman–Crippen MR) is 109 cm³/mol. The smallest absolute Gasteiger partial charge is 0.243 e. The highest BCUT2D eigenvalue weighted by Gasteiger charge is 2.39. The largest absolute Gasteiger partial charge is 0.490 e.